The Morgan fingerprint density at radius 1 is 1.64 bits per heavy atom. The molecule has 1 saturated carbocycles. The highest BCUT2D eigenvalue weighted by Crippen LogP contribution is 2.37. The Morgan fingerprint density at radius 3 is 2.55 bits per heavy atom. The molecule has 0 spiro atoms. The first kappa shape index (κ1) is 9.15. The second-order valence-corrected chi connectivity index (χ2v) is 3.43. The summed E-state index contributed by atoms with van der Waals surface area (Å²) in [6.07, 6.45) is -0.398. The van der Waals surface area contributed by atoms with E-state index in [4.69, 9.17) is 0 Å². The molecule has 0 aliphatic heterocycles. The normalized spacial score (nSPS) is 22.5. The highest BCUT2D eigenvalue weighted by atomic mass is 127. The van der Waals surface area contributed by atoms with Crippen LogP contribution in [0.15, 0.2) is 0 Å². The third kappa shape index (κ3) is 2.53. The average Bonchev–Trinajstić information content (AvgIpc) is 1.83. The Morgan fingerprint density at radius 2 is 2.18 bits per heavy atom. The molecule has 0 saturated heterocycles. The molecule has 1 aliphatic rings. The number of alkyl halides is 3. The van der Waals surface area contributed by atoms with Gasteiger partial charge in [-0.1, -0.05) is 22.6 Å². The molecule has 0 aromatic heterocycles. The third-order valence-electron chi connectivity index (χ3n) is 1.58. The fourth-order valence-corrected chi connectivity index (χ4v) is 1.25. The van der Waals surface area contributed by atoms with Crippen LogP contribution < -0.4 is 5.32 Å². The van der Waals surface area contributed by atoms with E-state index < -0.39 is 5.92 Å². The Hall–Kier alpha value is 0.0600. The van der Waals surface area contributed by atoms with Crippen molar-refractivity contribution in [1.29, 1.82) is 0 Å². The predicted molar refractivity (Wildman–Crippen MR) is 45.0 cm³/mol. The van der Waals surface area contributed by atoms with Crippen molar-refractivity contribution in [2.45, 2.75) is 24.8 Å². The van der Waals surface area contributed by atoms with Gasteiger partial charge in [0.15, 0.2) is 0 Å². The SMILES string of the molecule is O=C(CI)NC1CC(F)(F)C1. The van der Waals surface area contributed by atoms with Gasteiger partial charge in [0.05, 0.1) is 4.43 Å². The van der Waals surface area contributed by atoms with Crippen molar-refractivity contribution >= 4 is 28.5 Å². The highest BCUT2D eigenvalue weighted by molar-refractivity contribution is 14.1. The number of hydrogen-bond acceptors (Lipinski definition) is 1. The number of rotatable bonds is 2. The Bertz CT molecular complexity index is 166. The summed E-state index contributed by atoms with van der Waals surface area (Å²) in [5.41, 5.74) is 0. The maximum atomic E-state index is 12.2. The first-order chi connectivity index (χ1) is 5.03. The quantitative estimate of drug-likeness (QED) is 0.598. The lowest BCUT2D eigenvalue weighted by Gasteiger charge is -2.35. The fraction of sp³-hybridized carbons (Fsp3) is 0.833. The van der Waals surface area contributed by atoms with Crippen molar-refractivity contribution in [3.8, 4) is 0 Å². The Kier molecular flexibility index (Phi) is 2.66. The number of hydrogen-bond donors (Lipinski definition) is 1. The maximum absolute atomic E-state index is 12.2. The standard InChI is InChI=1S/C6H8F2INO/c7-6(8)1-4(2-6)10-5(11)3-9/h4H,1-3H2,(H,10,11). The summed E-state index contributed by atoms with van der Waals surface area (Å²) in [6.45, 7) is 0. The second kappa shape index (κ2) is 3.20. The molecular formula is C6H8F2INO. The zero-order chi connectivity index (χ0) is 8.48. The Balaban J connectivity index is 2.19. The van der Waals surface area contributed by atoms with Crippen molar-refractivity contribution in [2.75, 3.05) is 4.43 Å². The van der Waals surface area contributed by atoms with Gasteiger partial charge in [-0.15, -0.1) is 0 Å². The van der Waals surface area contributed by atoms with Gasteiger partial charge in [-0.25, -0.2) is 8.78 Å². The summed E-state index contributed by atoms with van der Waals surface area (Å²) in [4.78, 5) is 10.7. The summed E-state index contributed by atoms with van der Waals surface area (Å²) in [7, 11) is 0. The molecule has 0 bridgehead atoms. The molecule has 1 aliphatic carbocycles. The molecule has 0 aromatic rings. The van der Waals surface area contributed by atoms with Crippen LogP contribution >= 0.6 is 22.6 Å². The van der Waals surface area contributed by atoms with E-state index in [0.29, 0.717) is 4.43 Å². The minimum atomic E-state index is -2.54. The molecule has 1 fully saturated rings. The zero-order valence-electron chi connectivity index (χ0n) is 5.74. The van der Waals surface area contributed by atoms with E-state index in [9.17, 15) is 13.6 Å². The first-order valence-corrected chi connectivity index (χ1v) is 4.79. The molecule has 11 heavy (non-hydrogen) atoms. The van der Waals surface area contributed by atoms with E-state index in [1.54, 1.807) is 0 Å². The molecular weight excluding hydrogens is 267 g/mol. The average molecular weight is 275 g/mol. The molecule has 0 radical (unpaired) electrons. The topological polar surface area (TPSA) is 29.1 Å². The van der Waals surface area contributed by atoms with Crippen LogP contribution in [0.1, 0.15) is 12.8 Å². The molecule has 64 valence electrons. The second-order valence-electron chi connectivity index (χ2n) is 2.66. The maximum Gasteiger partial charge on any atom is 0.252 e. The van der Waals surface area contributed by atoms with E-state index in [0.717, 1.165) is 0 Å². The first-order valence-electron chi connectivity index (χ1n) is 3.27. The summed E-state index contributed by atoms with van der Waals surface area (Å²) in [5.74, 6) is -2.70. The molecule has 0 aromatic carbocycles. The van der Waals surface area contributed by atoms with Crippen molar-refractivity contribution in [1.82, 2.24) is 5.32 Å². The fourth-order valence-electron chi connectivity index (χ4n) is 1.03. The van der Waals surface area contributed by atoms with Crippen molar-refractivity contribution in [2.24, 2.45) is 0 Å². The molecule has 0 unspecified atom stereocenters. The van der Waals surface area contributed by atoms with Crippen LogP contribution in [-0.2, 0) is 4.79 Å². The lowest BCUT2D eigenvalue weighted by atomic mass is 9.88. The minimum Gasteiger partial charge on any atom is -0.352 e. The zero-order valence-corrected chi connectivity index (χ0v) is 7.90. The summed E-state index contributed by atoms with van der Waals surface area (Å²) < 4.78 is 24.7. The largest absolute Gasteiger partial charge is 0.352 e. The molecule has 2 nitrogen and oxygen atoms in total. The smallest absolute Gasteiger partial charge is 0.252 e. The number of amides is 1. The van der Waals surface area contributed by atoms with E-state index in [2.05, 4.69) is 5.32 Å². The van der Waals surface area contributed by atoms with Crippen LogP contribution in [0.2, 0.25) is 0 Å². The van der Waals surface area contributed by atoms with Crippen molar-refractivity contribution < 1.29 is 13.6 Å². The van der Waals surface area contributed by atoms with Gasteiger partial charge in [0.1, 0.15) is 0 Å². The van der Waals surface area contributed by atoms with E-state index >= 15 is 0 Å². The molecule has 5 heteroatoms. The van der Waals surface area contributed by atoms with Gasteiger partial charge in [0, 0.05) is 18.9 Å². The molecule has 0 atom stereocenters. The molecule has 0 heterocycles. The lowest BCUT2D eigenvalue weighted by Crippen LogP contribution is -2.50. The molecule has 1 N–H and O–H groups in total. The van der Waals surface area contributed by atoms with Crippen LogP contribution in [-0.4, -0.2) is 22.3 Å². The van der Waals surface area contributed by atoms with Crippen LogP contribution in [0.25, 0.3) is 0 Å². The monoisotopic (exact) mass is 275 g/mol. The van der Waals surface area contributed by atoms with E-state index in [1.807, 2.05) is 22.6 Å². The van der Waals surface area contributed by atoms with Crippen LogP contribution in [0.5, 0.6) is 0 Å². The number of carbonyl (C=O) groups excluding carboxylic acids is 1. The predicted octanol–water partition coefficient (Wildman–Crippen LogP) is 1.34. The number of halogens is 3. The number of carbonyl (C=O) groups is 1. The van der Waals surface area contributed by atoms with Gasteiger partial charge in [0.25, 0.3) is 5.92 Å². The van der Waals surface area contributed by atoms with Crippen LogP contribution in [0, 0.1) is 0 Å². The minimum absolute atomic E-state index is 0.161. The van der Waals surface area contributed by atoms with E-state index in [-0.39, 0.29) is 24.8 Å². The van der Waals surface area contributed by atoms with Gasteiger partial charge in [-0.2, -0.15) is 0 Å². The lowest BCUT2D eigenvalue weighted by molar-refractivity contribution is -0.126. The highest BCUT2D eigenvalue weighted by Gasteiger charge is 2.45. The van der Waals surface area contributed by atoms with Gasteiger partial charge in [0.2, 0.25) is 5.91 Å². The molecule has 1 rings (SSSR count). The summed E-state index contributed by atoms with van der Waals surface area (Å²) in [5, 5.41) is 2.50. The third-order valence-corrected chi connectivity index (χ3v) is 2.27. The number of nitrogens with one attached hydrogen (secondary N) is 1. The Labute approximate surface area is 76.9 Å². The van der Waals surface area contributed by atoms with E-state index in [1.165, 1.54) is 0 Å². The van der Waals surface area contributed by atoms with Gasteiger partial charge in [-0.05, 0) is 0 Å². The summed E-state index contributed by atoms with van der Waals surface area (Å²) >= 11 is 1.90. The van der Waals surface area contributed by atoms with Crippen molar-refractivity contribution in [3.63, 3.8) is 0 Å². The van der Waals surface area contributed by atoms with Crippen molar-refractivity contribution in [3.05, 3.63) is 0 Å². The van der Waals surface area contributed by atoms with Crippen LogP contribution in [0.4, 0.5) is 8.78 Å². The van der Waals surface area contributed by atoms with Crippen LogP contribution in [0.3, 0.4) is 0 Å². The van der Waals surface area contributed by atoms with Gasteiger partial charge < -0.3 is 5.32 Å². The van der Waals surface area contributed by atoms with Gasteiger partial charge >= 0.3 is 0 Å². The molecule has 1 amide bonds. The summed E-state index contributed by atoms with van der Waals surface area (Å²) in [6, 6.07) is -0.299. The van der Waals surface area contributed by atoms with Gasteiger partial charge in [-0.3, -0.25) is 4.79 Å².